The van der Waals surface area contributed by atoms with Crippen molar-refractivity contribution in [2.75, 3.05) is 0 Å². The summed E-state index contributed by atoms with van der Waals surface area (Å²) in [6.45, 7) is 3.35. The summed E-state index contributed by atoms with van der Waals surface area (Å²) in [6.07, 6.45) is 5.26. The van der Waals surface area contributed by atoms with E-state index >= 15 is 0 Å². The van der Waals surface area contributed by atoms with Gasteiger partial charge in [-0.3, -0.25) is 0 Å². The van der Waals surface area contributed by atoms with Crippen LogP contribution in [0.3, 0.4) is 0 Å². The minimum absolute atomic E-state index is 0.00387. The van der Waals surface area contributed by atoms with Crippen molar-refractivity contribution in [3.63, 3.8) is 0 Å². The fraction of sp³-hybridized carbons (Fsp3) is 0.250. The zero-order valence-corrected chi connectivity index (χ0v) is 9.71. The highest BCUT2D eigenvalue weighted by Gasteiger charge is 2.20. The predicted octanol–water partition coefficient (Wildman–Crippen LogP) is 2.83. The zero-order chi connectivity index (χ0) is 12.3. The summed E-state index contributed by atoms with van der Waals surface area (Å²) in [6, 6.07) is 4.37. The standard InChI is InChI=1S/C12H11ClO3/c1-4-12(2,3)16-10-6-5-8(13)7-9(10)11(14)15/h1,5-7H,2-3H3,(H,14,15). The Morgan fingerprint density at radius 2 is 2.19 bits per heavy atom. The normalized spacial score (nSPS) is 10.6. The lowest BCUT2D eigenvalue weighted by Crippen LogP contribution is -2.26. The van der Waals surface area contributed by atoms with Gasteiger partial charge >= 0.3 is 5.97 Å². The Hall–Kier alpha value is -1.66. The van der Waals surface area contributed by atoms with Crippen LogP contribution in [0, 0.1) is 12.3 Å². The van der Waals surface area contributed by atoms with Gasteiger partial charge in [0.25, 0.3) is 0 Å². The first-order valence-electron chi connectivity index (χ1n) is 4.55. The van der Waals surface area contributed by atoms with E-state index in [9.17, 15) is 4.79 Å². The molecule has 1 aromatic rings. The number of carbonyl (C=O) groups is 1. The summed E-state index contributed by atoms with van der Waals surface area (Å²) in [5, 5.41) is 9.31. The van der Waals surface area contributed by atoms with E-state index in [1.54, 1.807) is 19.9 Å². The number of hydrogen-bond donors (Lipinski definition) is 1. The number of halogens is 1. The van der Waals surface area contributed by atoms with Crippen LogP contribution in [0.15, 0.2) is 18.2 Å². The van der Waals surface area contributed by atoms with Gasteiger partial charge in [0.2, 0.25) is 0 Å². The van der Waals surface area contributed by atoms with E-state index in [1.165, 1.54) is 12.1 Å². The van der Waals surface area contributed by atoms with Gasteiger partial charge in [-0.1, -0.05) is 17.5 Å². The molecular formula is C12H11ClO3. The maximum Gasteiger partial charge on any atom is 0.339 e. The smallest absolute Gasteiger partial charge is 0.339 e. The predicted molar refractivity (Wildman–Crippen MR) is 62.0 cm³/mol. The Morgan fingerprint density at radius 1 is 1.56 bits per heavy atom. The van der Waals surface area contributed by atoms with E-state index in [2.05, 4.69) is 5.92 Å². The summed E-state index contributed by atoms with van der Waals surface area (Å²) in [7, 11) is 0. The molecule has 0 aliphatic carbocycles. The van der Waals surface area contributed by atoms with Crippen molar-refractivity contribution in [1.82, 2.24) is 0 Å². The van der Waals surface area contributed by atoms with Gasteiger partial charge in [-0.05, 0) is 32.0 Å². The van der Waals surface area contributed by atoms with Gasteiger partial charge < -0.3 is 9.84 Å². The second-order valence-corrected chi connectivity index (χ2v) is 4.14. The van der Waals surface area contributed by atoms with Crippen molar-refractivity contribution in [1.29, 1.82) is 0 Å². The molecule has 16 heavy (non-hydrogen) atoms. The van der Waals surface area contributed by atoms with Crippen molar-refractivity contribution in [3.05, 3.63) is 28.8 Å². The molecular weight excluding hydrogens is 228 g/mol. The number of aromatic carboxylic acids is 1. The van der Waals surface area contributed by atoms with Crippen LogP contribution < -0.4 is 4.74 Å². The molecule has 0 fully saturated rings. The molecule has 0 spiro atoms. The highest BCUT2D eigenvalue weighted by molar-refractivity contribution is 6.31. The largest absolute Gasteiger partial charge is 0.478 e. The SMILES string of the molecule is C#CC(C)(C)Oc1ccc(Cl)cc1C(=O)O. The number of terminal acetylenes is 1. The number of rotatable bonds is 3. The Morgan fingerprint density at radius 3 is 2.69 bits per heavy atom. The Labute approximate surface area is 99.0 Å². The minimum atomic E-state index is -1.11. The average Bonchev–Trinajstić information content (AvgIpc) is 2.20. The van der Waals surface area contributed by atoms with Crippen LogP contribution in [0.1, 0.15) is 24.2 Å². The van der Waals surface area contributed by atoms with E-state index < -0.39 is 11.6 Å². The lowest BCUT2D eigenvalue weighted by atomic mass is 10.1. The molecule has 0 saturated carbocycles. The summed E-state index contributed by atoms with van der Waals surface area (Å²) < 4.78 is 5.42. The van der Waals surface area contributed by atoms with E-state index in [1.807, 2.05) is 0 Å². The number of benzene rings is 1. The molecule has 84 valence electrons. The minimum Gasteiger partial charge on any atom is -0.478 e. The Kier molecular flexibility index (Phi) is 3.46. The van der Waals surface area contributed by atoms with Gasteiger partial charge in [-0.15, -0.1) is 6.42 Å². The van der Waals surface area contributed by atoms with E-state index in [-0.39, 0.29) is 11.3 Å². The molecule has 1 aromatic carbocycles. The third-order valence-corrected chi connectivity index (χ3v) is 2.12. The third kappa shape index (κ3) is 2.91. The zero-order valence-electron chi connectivity index (χ0n) is 8.95. The fourth-order valence-corrected chi connectivity index (χ4v) is 1.23. The van der Waals surface area contributed by atoms with Gasteiger partial charge in [0.15, 0.2) is 5.60 Å². The number of hydrogen-bond acceptors (Lipinski definition) is 2. The summed E-state index contributed by atoms with van der Waals surface area (Å²) in [5.41, 5.74) is -0.867. The summed E-state index contributed by atoms with van der Waals surface area (Å²) in [4.78, 5) is 11.0. The van der Waals surface area contributed by atoms with Crippen LogP contribution in [0.25, 0.3) is 0 Å². The van der Waals surface area contributed by atoms with Crippen molar-refractivity contribution < 1.29 is 14.6 Å². The van der Waals surface area contributed by atoms with Gasteiger partial charge in [-0.25, -0.2) is 4.79 Å². The summed E-state index contributed by atoms with van der Waals surface area (Å²) >= 11 is 5.71. The monoisotopic (exact) mass is 238 g/mol. The van der Waals surface area contributed by atoms with Gasteiger partial charge in [0.1, 0.15) is 11.3 Å². The second kappa shape index (κ2) is 4.46. The van der Waals surface area contributed by atoms with Crippen LogP contribution in [0.5, 0.6) is 5.75 Å². The highest BCUT2D eigenvalue weighted by Crippen LogP contribution is 2.26. The lowest BCUT2D eigenvalue weighted by Gasteiger charge is -2.21. The molecule has 4 heteroatoms. The van der Waals surface area contributed by atoms with Crippen molar-refractivity contribution in [2.24, 2.45) is 0 Å². The quantitative estimate of drug-likeness (QED) is 0.824. The molecule has 0 aromatic heterocycles. The second-order valence-electron chi connectivity index (χ2n) is 3.70. The van der Waals surface area contributed by atoms with E-state index in [4.69, 9.17) is 27.9 Å². The first-order chi connectivity index (χ1) is 7.35. The highest BCUT2D eigenvalue weighted by atomic mass is 35.5. The van der Waals surface area contributed by atoms with Gasteiger partial charge in [0.05, 0.1) is 0 Å². The van der Waals surface area contributed by atoms with Crippen LogP contribution in [0.2, 0.25) is 5.02 Å². The molecule has 1 N–H and O–H groups in total. The van der Waals surface area contributed by atoms with Crippen LogP contribution in [0.4, 0.5) is 0 Å². The van der Waals surface area contributed by atoms with Crippen molar-refractivity contribution in [2.45, 2.75) is 19.4 Å². The molecule has 0 amide bonds. The number of carboxylic acid groups (broad SMARTS) is 1. The first kappa shape index (κ1) is 12.4. The van der Waals surface area contributed by atoms with Gasteiger partial charge in [0, 0.05) is 5.02 Å². The van der Waals surface area contributed by atoms with Crippen LogP contribution in [-0.2, 0) is 0 Å². The molecule has 1 rings (SSSR count). The molecule has 0 aliphatic heterocycles. The number of ether oxygens (including phenoxy) is 1. The molecule has 0 aliphatic rings. The van der Waals surface area contributed by atoms with Crippen LogP contribution >= 0.6 is 11.6 Å². The molecule has 0 heterocycles. The fourth-order valence-electron chi connectivity index (χ4n) is 1.06. The maximum atomic E-state index is 11.0. The first-order valence-corrected chi connectivity index (χ1v) is 4.93. The van der Waals surface area contributed by atoms with Crippen LogP contribution in [-0.4, -0.2) is 16.7 Å². The van der Waals surface area contributed by atoms with E-state index in [0.717, 1.165) is 0 Å². The Bertz CT molecular complexity index is 458. The molecule has 0 saturated heterocycles. The molecule has 0 atom stereocenters. The maximum absolute atomic E-state index is 11.0. The van der Waals surface area contributed by atoms with Crippen molar-refractivity contribution in [3.8, 4) is 18.1 Å². The van der Waals surface area contributed by atoms with Crippen molar-refractivity contribution >= 4 is 17.6 Å². The molecule has 3 nitrogen and oxygen atoms in total. The summed E-state index contributed by atoms with van der Waals surface area (Å²) in [5.74, 6) is 1.52. The topological polar surface area (TPSA) is 46.5 Å². The Balaban J connectivity index is 3.15. The molecule has 0 unspecified atom stereocenters. The van der Waals surface area contributed by atoms with E-state index in [0.29, 0.717) is 5.02 Å². The average molecular weight is 239 g/mol. The third-order valence-electron chi connectivity index (χ3n) is 1.88. The lowest BCUT2D eigenvalue weighted by molar-refractivity contribution is 0.0687. The van der Waals surface area contributed by atoms with Gasteiger partial charge in [-0.2, -0.15) is 0 Å². The molecule has 0 radical (unpaired) electrons. The molecule has 0 bridgehead atoms. The number of carboxylic acids is 1.